The Morgan fingerprint density at radius 3 is 2.74 bits per heavy atom. The standard InChI is InChI=1S/C17H20N4O2/c1-20-7-6-13-2-3-14(10-15(13)16(20)22)19-17(23)21-8-4-12(11-18)5-9-21/h2-3,10,12H,4-9H2,1H3,(H,19,23). The van der Waals surface area contributed by atoms with Crippen LogP contribution in [-0.4, -0.2) is 48.4 Å². The molecule has 23 heavy (non-hydrogen) atoms. The van der Waals surface area contributed by atoms with Crippen molar-refractivity contribution in [2.24, 2.45) is 5.92 Å². The van der Waals surface area contributed by atoms with E-state index < -0.39 is 0 Å². The van der Waals surface area contributed by atoms with Crippen molar-refractivity contribution >= 4 is 17.6 Å². The minimum absolute atomic E-state index is 0.00261. The van der Waals surface area contributed by atoms with Gasteiger partial charge in [-0.25, -0.2) is 4.79 Å². The minimum Gasteiger partial charge on any atom is -0.341 e. The SMILES string of the molecule is CN1CCc2ccc(NC(=O)N3CCC(C#N)CC3)cc2C1=O. The number of likely N-dealkylation sites (tertiary alicyclic amines) is 1. The van der Waals surface area contributed by atoms with Crippen molar-refractivity contribution in [1.82, 2.24) is 9.80 Å². The molecule has 1 N–H and O–H groups in total. The van der Waals surface area contributed by atoms with Gasteiger partial charge in [-0.1, -0.05) is 6.07 Å². The summed E-state index contributed by atoms with van der Waals surface area (Å²) >= 11 is 0. The van der Waals surface area contributed by atoms with E-state index in [1.54, 1.807) is 22.9 Å². The van der Waals surface area contributed by atoms with E-state index >= 15 is 0 Å². The molecule has 120 valence electrons. The molecule has 2 aliphatic rings. The summed E-state index contributed by atoms with van der Waals surface area (Å²) in [6.45, 7) is 1.92. The van der Waals surface area contributed by atoms with Crippen LogP contribution in [0.15, 0.2) is 18.2 Å². The fourth-order valence-electron chi connectivity index (χ4n) is 3.08. The number of anilines is 1. The number of fused-ring (bicyclic) bond motifs is 1. The lowest BCUT2D eigenvalue weighted by atomic mass is 9.98. The number of hydrogen-bond acceptors (Lipinski definition) is 3. The summed E-state index contributed by atoms with van der Waals surface area (Å²) in [6, 6.07) is 7.60. The average molecular weight is 312 g/mol. The van der Waals surface area contributed by atoms with Gasteiger partial charge in [0.15, 0.2) is 0 Å². The molecule has 0 saturated carbocycles. The van der Waals surface area contributed by atoms with E-state index in [9.17, 15) is 9.59 Å². The second-order valence-corrected chi connectivity index (χ2v) is 6.17. The Kier molecular flexibility index (Phi) is 4.20. The van der Waals surface area contributed by atoms with Gasteiger partial charge in [0.05, 0.1) is 6.07 Å². The molecular formula is C17H20N4O2. The van der Waals surface area contributed by atoms with E-state index in [0.717, 1.165) is 31.4 Å². The number of amides is 3. The van der Waals surface area contributed by atoms with Crippen LogP contribution >= 0.6 is 0 Å². The maximum absolute atomic E-state index is 12.3. The van der Waals surface area contributed by atoms with Gasteiger partial charge in [-0.3, -0.25) is 4.79 Å². The third-order valence-electron chi connectivity index (χ3n) is 4.62. The molecule has 0 bridgehead atoms. The van der Waals surface area contributed by atoms with Gasteiger partial charge in [0.2, 0.25) is 0 Å². The van der Waals surface area contributed by atoms with Crippen LogP contribution in [0.4, 0.5) is 10.5 Å². The topological polar surface area (TPSA) is 76.4 Å². The summed E-state index contributed by atoms with van der Waals surface area (Å²) in [5.41, 5.74) is 2.33. The number of nitrogens with one attached hydrogen (secondary N) is 1. The largest absolute Gasteiger partial charge is 0.341 e. The fourth-order valence-corrected chi connectivity index (χ4v) is 3.08. The summed E-state index contributed by atoms with van der Waals surface area (Å²) in [6.07, 6.45) is 2.28. The van der Waals surface area contributed by atoms with Crippen LogP contribution in [0, 0.1) is 17.2 Å². The molecule has 0 unspecified atom stereocenters. The van der Waals surface area contributed by atoms with Crippen molar-refractivity contribution in [1.29, 1.82) is 5.26 Å². The van der Waals surface area contributed by atoms with Gasteiger partial charge in [0.1, 0.15) is 0 Å². The molecule has 2 heterocycles. The van der Waals surface area contributed by atoms with Crippen LogP contribution in [0.2, 0.25) is 0 Å². The molecule has 1 aromatic rings. The Bertz CT molecular complexity index is 672. The molecule has 1 aromatic carbocycles. The Balaban J connectivity index is 1.68. The first-order valence-corrected chi connectivity index (χ1v) is 7.92. The molecule has 0 aliphatic carbocycles. The van der Waals surface area contributed by atoms with E-state index in [4.69, 9.17) is 5.26 Å². The van der Waals surface area contributed by atoms with Crippen LogP contribution in [0.25, 0.3) is 0 Å². The number of nitrogens with zero attached hydrogens (tertiary/aromatic N) is 3. The summed E-state index contributed by atoms with van der Waals surface area (Å²) in [5, 5.41) is 11.8. The fraction of sp³-hybridized carbons (Fsp3) is 0.471. The number of piperidine rings is 1. The highest BCUT2D eigenvalue weighted by atomic mass is 16.2. The van der Waals surface area contributed by atoms with E-state index in [1.807, 2.05) is 12.1 Å². The summed E-state index contributed by atoms with van der Waals surface area (Å²) in [5.74, 6) is 0.0492. The Morgan fingerprint density at radius 2 is 2.04 bits per heavy atom. The van der Waals surface area contributed by atoms with E-state index in [-0.39, 0.29) is 17.9 Å². The van der Waals surface area contributed by atoms with Crippen molar-refractivity contribution in [3.63, 3.8) is 0 Å². The normalized spacial score (nSPS) is 18.3. The average Bonchev–Trinajstić information content (AvgIpc) is 2.58. The zero-order valence-corrected chi connectivity index (χ0v) is 13.2. The number of rotatable bonds is 1. The summed E-state index contributed by atoms with van der Waals surface area (Å²) < 4.78 is 0. The summed E-state index contributed by atoms with van der Waals surface area (Å²) in [4.78, 5) is 27.9. The molecule has 6 heteroatoms. The van der Waals surface area contributed by atoms with Crippen LogP contribution in [0.1, 0.15) is 28.8 Å². The Hall–Kier alpha value is -2.55. The van der Waals surface area contributed by atoms with Gasteiger partial charge in [0, 0.05) is 43.9 Å². The molecular weight excluding hydrogens is 292 g/mol. The number of likely N-dealkylation sites (N-methyl/N-ethyl adjacent to an activating group) is 1. The van der Waals surface area contributed by atoms with Crippen molar-refractivity contribution in [3.8, 4) is 6.07 Å². The van der Waals surface area contributed by atoms with Crippen LogP contribution in [0.5, 0.6) is 0 Å². The van der Waals surface area contributed by atoms with Gasteiger partial charge in [-0.05, 0) is 37.0 Å². The zero-order valence-electron chi connectivity index (χ0n) is 13.2. The second-order valence-electron chi connectivity index (χ2n) is 6.17. The second kappa shape index (κ2) is 6.29. The van der Waals surface area contributed by atoms with Crippen molar-refractivity contribution in [3.05, 3.63) is 29.3 Å². The highest BCUT2D eigenvalue weighted by Crippen LogP contribution is 2.23. The maximum atomic E-state index is 12.3. The quantitative estimate of drug-likeness (QED) is 0.862. The number of nitriles is 1. The Labute approximate surface area is 135 Å². The van der Waals surface area contributed by atoms with Gasteiger partial charge < -0.3 is 15.1 Å². The number of benzene rings is 1. The predicted octanol–water partition coefficient (Wildman–Crippen LogP) is 2.08. The number of carbonyl (C=O) groups excluding carboxylic acids is 2. The number of hydrogen-bond donors (Lipinski definition) is 1. The highest BCUT2D eigenvalue weighted by Gasteiger charge is 2.24. The lowest BCUT2D eigenvalue weighted by molar-refractivity contribution is 0.0781. The monoisotopic (exact) mass is 312 g/mol. The Morgan fingerprint density at radius 1 is 1.30 bits per heavy atom. The third kappa shape index (κ3) is 3.14. The molecule has 1 saturated heterocycles. The first kappa shape index (κ1) is 15.3. The zero-order chi connectivity index (χ0) is 16.4. The van der Waals surface area contributed by atoms with Gasteiger partial charge in [0.25, 0.3) is 5.91 Å². The number of urea groups is 1. The maximum Gasteiger partial charge on any atom is 0.321 e. The summed E-state index contributed by atoms with van der Waals surface area (Å²) in [7, 11) is 1.79. The molecule has 1 fully saturated rings. The first-order chi connectivity index (χ1) is 11.1. The van der Waals surface area contributed by atoms with E-state index in [0.29, 0.717) is 24.3 Å². The smallest absolute Gasteiger partial charge is 0.321 e. The molecule has 0 radical (unpaired) electrons. The first-order valence-electron chi connectivity index (χ1n) is 7.92. The van der Waals surface area contributed by atoms with Crippen molar-refractivity contribution < 1.29 is 9.59 Å². The highest BCUT2D eigenvalue weighted by molar-refractivity contribution is 5.99. The molecule has 0 aromatic heterocycles. The predicted molar refractivity (Wildman–Crippen MR) is 86.0 cm³/mol. The number of carbonyl (C=O) groups is 2. The van der Waals surface area contributed by atoms with Crippen molar-refractivity contribution in [2.45, 2.75) is 19.3 Å². The molecule has 0 spiro atoms. The molecule has 3 amide bonds. The van der Waals surface area contributed by atoms with Crippen LogP contribution < -0.4 is 5.32 Å². The molecule has 3 rings (SSSR count). The third-order valence-corrected chi connectivity index (χ3v) is 4.62. The molecule has 2 aliphatic heterocycles. The lowest BCUT2D eigenvalue weighted by Gasteiger charge is -2.29. The van der Waals surface area contributed by atoms with Gasteiger partial charge in [-0.15, -0.1) is 0 Å². The molecule has 6 nitrogen and oxygen atoms in total. The van der Waals surface area contributed by atoms with Gasteiger partial charge in [-0.2, -0.15) is 5.26 Å². The van der Waals surface area contributed by atoms with Crippen LogP contribution in [-0.2, 0) is 6.42 Å². The van der Waals surface area contributed by atoms with E-state index in [2.05, 4.69) is 11.4 Å². The lowest BCUT2D eigenvalue weighted by Crippen LogP contribution is -2.41. The molecule has 0 atom stereocenters. The van der Waals surface area contributed by atoms with Crippen LogP contribution in [0.3, 0.4) is 0 Å². The van der Waals surface area contributed by atoms with Crippen molar-refractivity contribution in [2.75, 3.05) is 32.0 Å². The van der Waals surface area contributed by atoms with Gasteiger partial charge >= 0.3 is 6.03 Å². The van der Waals surface area contributed by atoms with E-state index in [1.165, 1.54) is 0 Å². The minimum atomic E-state index is -0.169.